The second-order valence-corrected chi connectivity index (χ2v) is 5.68. The first-order valence-electron chi connectivity index (χ1n) is 7.19. The molecule has 2 atom stereocenters. The summed E-state index contributed by atoms with van der Waals surface area (Å²) in [6.07, 6.45) is 5.33. The molecule has 2 fully saturated rings. The maximum Gasteiger partial charge on any atom is 0.189 e. The SMILES string of the molecule is NC(=N[C@@H]1C[C@H]1c1c(F)cccc1F)NC1CCCC1. The second kappa shape index (κ2) is 5.38. The van der Waals surface area contributed by atoms with Crippen LogP contribution in [0.4, 0.5) is 8.78 Å². The van der Waals surface area contributed by atoms with Gasteiger partial charge in [0.25, 0.3) is 0 Å². The minimum absolute atomic E-state index is 0.102. The van der Waals surface area contributed by atoms with Crippen LogP contribution in [0.1, 0.15) is 43.6 Å². The number of benzene rings is 1. The summed E-state index contributed by atoms with van der Waals surface area (Å²) in [5.41, 5.74) is 6.01. The standard InChI is InChI=1S/C15H19F2N3/c16-11-6-3-7-12(17)14(11)10-8-13(10)20-15(18)19-9-4-1-2-5-9/h3,6-7,9-10,13H,1-2,4-5,8H2,(H3,18,19,20)/t10-,13-/m1/s1. The average Bonchev–Trinajstić information content (AvgIpc) is 2.93. The molecule has 0 aliphatic heterocycles. The molecule has 3 nitrogen and oxygen atoms in total. The van der Waals surface area contributed by atoms with E-state index in [0.29, 0.717) is 18.4 Å². The number of nitrogens with two attached hydrogens (primary N) is 1. The van der Waals surface area contributed by atoms with E-state index >= 15 is 0 Å². The van der Waals surface area contributed by atoms with Crippen LogP contribution in [-0.4, -0.2) is 18.0 Å². The molecule has 2 aliphatic carbocycles. The van der Waals surface area contributed by atoms with Gasteiger partial charge in [-0.2, -0.15) is 0 Å². The van der Waals surface area contributed by atoms with E-state index in [1.54, 1.807) is 0 Å². The molecule has 108 valence electrons. The molecule has 0 spiro atoms. The maximum atomic E-state index is 13.6. The quantitative estimate of drug-likeness (QED) is 0.660. The predicted octanol–water partition coefficient (Wildman–Crippen LogP) is 2.67. The van der Waals surface area contributed by atoms with Crippen molar-refractivity contribution >= 4 is 5.96 Å². The lowest BCUT2D eigenvalue weighted by atomic mass is 10.1. The first-order valence-corrected chi connectivity index (χ1v) is 7.19. The Balaban J connectivity index is 1.63. The number of halogens is 2. The first kappa shape index (κ1) is 13.3. The predicted molar refractivity (Wildman–Crippen MR) is 74.5 cm³/mol. The smallest absolute Gasteiger partial charge is 0.189 e. The fourth-order valence-corrected chi connectivity index (χ4v) is 2.99. The molecule has 0 aromatic heterocycles. The van der Waals surface area contributed by atoms with Crippen molar-refractivity contribution in [2.24, 2.45) is 10.7 Å². The monoisotopic (exact) mass is 279 g/mol. The van der Waals surface area contributed by atoms with E-state index in [1.807, 2.05) is 0 Å². The number of nitrogens with one attached hydrogen (secondary N) is 1. The lowest BCUT2D eigenvalue weighted by Gasteiger charge is -2.12. The topological polar surface area (TPSA) is 50.4 Å². The fourth-order valence-electron chi connectivity index (χ4n) is 2.99. The van der Waals surface area contributed by atoms with Crippen molar-refractivity contribution in [3.63, 3.8) is 0 Å². The van der Waals surface area contributed by atoms with Crippen molar-refractivity contribution in [1.29, 1.82) is 0 Å². The van der Waals surface area contributed by atoms with Gasteiger partial charge in [-0.25, -0.2) is 13.8 Å². The van der Waals surface area contributed by atoms with Crippen LogP contribution < -0.4 is 11.1 Å². The minimum atomic E-state index is -0.491. The van der Waals surface area contributed by atoms with Gasteiger partial charge in [-0.3, -0.25) is 0 Å². The molecule has 0 heterocycles. The van der Waals surface area contributed by atoms with Crippen molar-refractivity contribution in [3.8, 4) is 0 Å². The van der Waals surface area contributed by atoms with Gasteiger partial charge in [0.15, 0.2) is 5.96 Å². The first-order chi connectivity index (χ1) is 9.65. The van der Waals surface area contributed by atoms with Gasteiger partial charge >= 0.3 is 0 Å². The molecule has 1 aromatic rings. The number of rotatable bonds is 3. The van der Waals surface area contributed by atoms with Gasteiger partial charge in [0.2, 0.25) is 0 Å². The molecule has 3 N–H and O–H groups in total. The Morgan fingerprint density at radius 2 is 1.85 bits per heavy atom. The third-order valence-corrected chi connectivity index (χ3v) is 4.14. The summed E-state index contributed by atoms with van der Waals surface area (Å²) in [6, 6.07) is 4.26. The summed E-state index contributed by atoms with van der Waals surface area (Å²) in [5.74, 6) is -0.758. The molecular weight excluding hydrogens is 260 g/mol. The van der Waals surface area contributed by atoms with Crippen molar-refractivity contribution in [3.05, 3.63) is 35.4 Å². The maximum absolute atomic E-state index is 13.6. The number of nitrogens with zero attached hydrogens (tertiary/aromatic N) is 1. The van der Waals surface area contributed by atoms with Gasteiger partial charge in [0.05, 0.1) is 6.04 Å². The van der Waals surface area contributed by atoms with Crippen LogP contribution in [0.5, 0.6) is 0 Å². The summed E-state index contributed by atoms with van der Waals surface area (Å²) in [4.78, 5) is 4.34. The summed E-state index contributed by atoms with van der Waals surface area (Å²) in [5, 5.41) is 3.19. The second-order valence-electron chi connectivity index (χ2n) is 5.68. The normalized spacial score (nSPS) is 26.8. The Morgan fingerprint density at radius 1 is 1.20 bits per heavy atom. The Kier molecular flexibility index (Phi) is 3.59. The number of hydrogen-bond acceptors (Lipinski definition) is 1. The number of hydrogen-bond donors (Lipinski definition) is 2. The Hall–Kier alpha value is -1.65. The van der Waals surface area contributed by atoms with E-state index in [2.05, 4.69) is 10.3 Å². The molecule has 2 aliphatic rings. The van der Waals surface area contributed by atoms with Crippen molar-refractivity contribution in [2.45, 2.75) is 50.1 Å². The molecule has 0 bridgehead atoms. The van der Waals surface area contributed by atoms with E-state index in [1.165, 1.54) is 31.0 Å². The highest BCUT2D eigenvalue weighted by atomic mass is 19.1. The van der Waals surface area contributed by atoms with E-state index < -0.39 is 11.6 Å². The molecule has 2 saturated carbocycles. The number of guanidine groups is 1. The Morgan fingerprint density at radius 3 is 2.50 bits per heavy atom. The Labute approximate surface area is 117 Å². The molecule has 3 rings (SSSR count). The fraction of sp³-hybridized carbons (Fsp3) is 0.533. The van der Waals surface area contributed by atoms with Crippen LogP contribution in [0.3, 0.4) is 0 Å². The Bertz CT molecular complexity index is 504. The highest BCUT2D eigenvalue weighted by Crippen LogP contribution is 2.45. The molecule has 0 amide bonds. The van der Waals surface area contributed by atoms with Crippen LogP contribution >= 0.6 is 0 Å². The van der Waals surface area contributed by atoms with Crippen molar-refractivity contribution in [2.75, 3.05) is 0 Å². The lowest BCUT2D eigenvalue weighted by molar-refractivity contribution is 0.555. The summed E-state index contributed by atoms with van der Waals surface area (Å²) >= 11 is 0. The van der Waals surface area contributed by atoms with E-state index in [9.17, 15) is 8.78 Å². The van der Waals surface area contributed by atoms with Gasteiger partial charge in [-0.15, -0.1) is 0 Å². The number of aliphatic imine (C=N–C) groups is 1. The van der Waals surface area contributed by atoms with E-state index in [-0.39, 0.29) is 17.5 Å². The molecular formula is C15H19F2N3. The van der Waals surface area contributed by atoms with Gasteiger partial charge in [-0.1, -0.05) is 18.9 Å². The molecule has 1 aromatic carbocycles. The zero-order valence-corrected chi connectivity index (χ0v) is 11.3. The summed E-state index contributed by atoms with van der Waals surface area (Å²) in [6.45, 7) is 0. The zero-order valence-electron chi connectivity index (χ0n) is 11.3. The highest BCUT2D eigenvalue weighted by Gasteiger charge is 2.42. The minimum Gasteiger partial charge on any atom is -0.370 e. The molecule has 20 heavy (non-hydrogen) atoms. The summed E-state index contributed by atoms with van der Waals surface area (Å²) in [7, 11) is 0. The van der Waals surface area contributed by atoms with Gasteiger partial charge in [0, 0.05) is 17.5 Å². The third kappa shape index (κ3) is 2.76. The average molecular weight is 279 g/mol. The van der Waals surface area contributed by atoms with Crippen molar-refractivity contribution < 1.29 is 8.78 Å². The van der Waals surface area contributed by atoms with E-state index in [4.69, 9.17) is 5.73 Å². The zero-order chi connectivity index (χ0) is 14.1. The molecule has 0 saturated heterocycles. The van der Waals surface area contributed by atoms with Gasteiger partial charge in [0.1, 0.15) is 11.6 Å². The largest absolute Gasteiger partial charge is 0.370 e. The van der Waals surface area contributed by atoms with Crippen LogP contribution in [0.25, 0.3) is 0 Å². The molecule has 0 radical (unpaired) electrons. The lowest BCUT2D eigenvalue weighted by Crippen LogP contribution is -2.38. The van der Waals surface area contributed by atoms with Gasteiger partial charge < -0.3 is 11.1 Å². The van der Waals surface area contributed by atoms with Gasteiger partial charge in [-0.05, 0) is 31.4 Å². The van der Waals surface area contributed by atoms with Crippen LogP contribution in [-0.2, 0) is 0 Å². The van der Waals surface area contributed by atoms with Crippen molar-refractivity contribution in [1.82, 2.24) is 5.32 Å². The van der Waals surface area contributed by atoms with Crippen LogP contribution in [0.15, 0.2) is 23.2 Å². The van der Waals surface area contributed by atoms with E-state index in [0.717, 1.165) is 12.8 Å². The van der Waals surface area contributed by atoms with Crippen LogP contribution in [0, 0.1) is 11.6 Å². The third-order valence-electron chi connectivity index (χ3n) is 4.14. The van der Waals surface area contributed by atoms with Crippen LogP contribution in [0.2, 0.25) is 0 Å². The highest BCUT2D eigenvalue weighted by molar-refractivity contribution is 5.78. The summed E-state index contributed by atoms with van der Waals surface area (Å²) < 4.78 is 27.3. The molecule has 5 heteroatoms. The molecule has 0 unspecified atom stereocenters.